The van der Waals surface area contributed by atoms with Crippen LogP contribution in [-0.2, 0) is 4.74 Å². The van der Waals surface area contributed by atoms with Crippen molar-refractivity contribution in [3.63, 3.8) is 0 Å². The van der Waals surface area contributed by atoms with Gasteiger partial charge in [-0.25, -0.2) is 4.79 Å². The Bertz CT molecular complexity index is 516. The van der Waals surface area contributed by atoms with Gasteiger partial charge < -0.3 is 25.2 Å². The monoisotopic (exact) mass is 523 g/mol. The van der Waals surface area contributed by atoms with Crippen LogP contribution in [0.4, 0.5) is 4.79 Å². The van der Waals surface area contributed by atoms with Gasteiger partial charge in [0.15, 0.2) is 5.96 Å². The lowest BCUT2D eigenvalue weighted by molar-refractivity contribution is 0.0168. The van der Waals surface area contributed by atoms with Crippen LogP contribution in [0.15, 0.2) is 4.99 Å². The van der Waals surface area contributed by atoms with Crippen LogP contribution < -0.4 is 10.6 Å². The molecule has 0 aromatic carbocycles. The Kier molecular flexibility index (Phi) is 11.6. The molecule has 0 radical (unpaired) electrons. The third-order valence-electron chi connectivity index (χ3n) is 5.42. The van der Waals surface area contributed by atoms with Gasteiger partial charge in [-0.3, -0.25) is 4.99 Å². The average Bonchev–Trinajstić information content (AvgIpc) is 2.65. The van der Waals surface area contributed by atoms with Crippen molar-refractivity contribution in [3.05, 3.63) is 0 Å². The highest BCUT2D eigenvalue weighted by atomic mass is 127. The molecule has 2 aliphatic rings. The Morgan fingerprint density at radius 1 is 1.17 bits per heavy atom. The van der Waals surface area contributed by atoms with Crippen molar-refractivity contribution < 1.29 is 9.53 Å². The molecule has 2 N–H and O–H groups in total. The van der Waals surface area contributed by atoms with Crippen LogP contribution in [0.2, 0.25) is 0 Å². The zero-order valence-corrected chi connectivity index (χ0v) is 21.3. The van der Waals surface area contributed by atoms with E-state index in [1.54, 1.807) is 0 Å². The SMILES string of the molecule is CCCN1CCC(NC(=NC)NCC2CCCN(C(=O)OC(C)(C)C)C2)CC1.I. The van der Waals surface area contributed by atoms with Gasteiger partial charge in [-0.1, -0.05) is 6.92 Å². The number of carbonyl (C=O) groups is 1. The molecule has 1 amide bonds. The van der Waals surface area contributed by atoms with Crippen LogP contribution in [0.3, 0.4) is 0 Å². The summed E-state index contributed by atoms with van der Waals surface area (Å²) in [5.74, 6) is 1.30. The largest absolute Gasteiger partial charge is 0.444 e. The Morgan fingerprint density at radius 2 is 1.86 bits per heavy atom. The molecule has 0 aromatic heterocycles. The quantitative estimate of drug-likeness (QED) is 0.329. The zero-order chi connectivity index (χ0) is 20.6. The Morgan fingerprint density at radius 3 is 2.45 bits per heavy atom. The van der Waals surface area contributed by atoms with Crippen LogP contribution in [0.5, 0.6) is 0 Å². The summed E-state index contributed by atoms with van der Waals surface area (Å²) in [4.78, 5) is 21.1. The van der Waals surface area contributed by atoms with E-state index in [0.29, 0.717) is 12.0 Å². The first-order chi connectivity index (χ1) is 13.3. The van der Waals surface area contributed by atoms with E-state index in [1.807, 2.05) is 32.7 Å². The van der Waals surface area contributed by atoms with E-state index in [1.165, 1.54) is 13.0 Å². The van der Waals surface area contributed by atoms with Crippen LogP contribution in [0, 0.1) is 5.92 Å². The number of guanidine groups is 1. The lowest BCUT2D eigenvalue weighted by Crippen LogP contribution is -2.51. The van der Waals surface area contributed by atoms with Gasteiger partial charge in [0.25, 0.3) is 0 Å². The maximum atomic E-state index is 12.3. The second-order valence-corrected chi connectivity index (χ2v) is 9.15. The summed E-state index contributed by atoms with van der Waals surface area (Å²) in [5.41, 5.74) is -0.444. The minimum atomic E-state index is -0.444. The van der Waals surface area contributed by atoms with Crippen LogP contribution in [0.1, 0.15) is 59.8 Å². The number of likely N-dealkylation sites (tertiary alicyclic amines) is 2. The molecule has 2 heterocycles. The number of carbonyl (C=O) groups excluding carboxylic acids is 1. The number of ether oxygens (including phenoxy) is 1. The molecular weight excluding hydrogens is 481 g/mol. The van der Waals surface area contributed by atoms with E-state index in [2.05, 4.69) is 27.4 Å². The number of aliphatic imine (C=N–C) groups is 1. The number of piperidine rings is 2. The van der Waals surface area contributed by atoms with Gasteiger partial charge in [0, 0.05) is 45.8 Å². The van der Waals surface area contributed by atoms with Crippen molar-refractivity contribution in [2.75, 3.05) is 46.3 Å². The van der Waals surface area contributed by atoms with Crippen LogP contribution >= 0.6 is 24.0 Å². The first kappa shape index (κ1) is 26.3. The van der Waals surface area contributed by atoms with Crippen molar-refractivity contribution in [2.24, 2.45) is 10.9 Å². The highest BCUT2D eigenvalue weighted by Crippen LogP contribution is 2.19. The fourth-order valence-electron chi connectivity index (χ4n) is 3.97. The minimum absolute atomic E-state index is 0. The smallest absolute Gasteiger partial charge is 0.410 e. The van der Waals surface area contributed by atoms with Crippen molar-refractivity contribution in [1.29, 1.82) is 0 Å². The summed E-state index contributed by atoms with van der Waals surface area (Å²) in [6.07, 6.45) is 5.50. The molecule has 0 saturated carbocycles. The third-order valence-corrected chi connectivity index (χ3v) is 5.42. The standard InChI is InChI=1S/C21H41N5O2.HI/c1-6-11-25-13-9-18(10-14-25)24-19(22-5)23-15-17-8-7-12-26(16-17)20(27)28-21(2,3)4;/h17-18H,6-16H2,1-5H3,(H2,22,23,24);1H. The molecule has 170 valence electrons. The number of halogens is 1. The predicted octanol–water partition coefficient (Wildman–Crippen LogP) is 3.29. The molecule has 29 heavy (non-hydrogen) atoms. The molecule has 2 fully saturated rings. The van der Waals surface area contributed by atoms with Gasteiger partial charge in [-0.2, -0.15) is 0 Å². The molecule has 8 heteroatoms. The highest BCUT2D eigenvalue weighted by molar-refractivity contribution is 14.0. The maximum Gasteiger partial charge on any atom is 0.410 e. The second-order valence-electron chi connectivity index (χ2n) is 9.15. The molecule has 2 rings (SSSR count). The van der Waals surface area contributed by atoms with E-state index in [-0.39, 0.29) is 30.1 Å². The first-order valence-electron chi connectivity index (χ1n) is 11.0. The first-order valence-corrected chi connectivity index (χ1v) is 11.0. The molecule has 1 atom stereocenters. The van der Waals surface area contributed by atoms with Gasteiger partial charge >= 0.3 is 6.09 Å². The molecule has 0 aromatic rings. The van der Waals surface area contributed by atoms with Crippen LogP contribution in [0.25, 0.3) is 0 Å². The lowest BCUT2D eigenvalue weighted by atomic mass is 9.98. The van der Waals surface area contributed by atoms with Crippen LogP contribution in [-0.4, -0.2) is 79.8 Å². The van der Waals surface area contributed by atoms with E-state index in [9.17, 15) is 4.79 Å². The maximum absolute atomic E-state index is 12.3. The lowest BCUT2D eigenvalue weighted by Gasteiger charge is -2.35. The summed E-state index contributed by atoms with van der Waals surface area (Å²) in [6.45, 7) is 13.9. The summed E-state index contributed by atoms with van der Waals surface area (Å²) < 4.78 is 5.53. The molecule has 2 saturated heterocycles. The normalized spacial score (nSPS) is 22.0. The van der Waals surface area contributed by atoms with Crippen molar-refractivity contribution in [2.45, 2.75) is 71.4 Å². The zero-order valence-electron chi connectivity index (χ0n) is 19.0. The van der Waals surface area contributed by atoms with Crippen molar-refractivity contribution in [3.8, 4) is 0 Å². The molecule has 1 unspecified atom stereocenters. The molecule has 7 nitrogen and oxygen atoms in total. The van der Waals surface area contributed by atoms with Crippen molar-refractivity contribution >= 4 is 36.0 Å². The van der Waals surface area contributed by atoms with Crippen molar-refractivity contribution in [1.82, 2.24) is 20.4 Å². The minimum Gasteiger partial charge on any atom is -0.444 e. The van der Waals surface area contributed by atoms with Gasteiger partial charge in [0.05, 0.1) is 0 Å². The second kappa shape index (κ2) is 12.8. The summed E-state index contributed by atoms with van der Waals surface area (Å²) >= 11 is 0. The summed E-state index contributed by atoms with van der Waals surface area (Å²) in [6, 6.07) is 0.490. The highest BCUT2D eigenvalue weighted by Gasteiger charge is 2.28. The number of hydrogen-bond acceptors (Lipinski definition) is 4. The molecule has 0 aliphatic carbocycles. The Labute approximate surface area is 194 Å². The van der Waals surface area contributed by atoms with E-state index < -0.39 is 5.60 Å². The molecular formula is C21H42IN5O2. The van der Waals surface area contributed by atoms with Gasteiger partial charge in [0.1, 0.15) is 5.60 Å². The summed E-state index contributed by atoms with van der Waals surface area (Å²) in [5, 5.41) is 7.06. The summed E-state index contributed by atoms with van der Waals surface area (Å²) in [7, 11) is 1.83. The molecule has 2 aliphatic heterocycles. The van der Waals surface area contributed by atoms with E-state index in [4.69, 9.17) is 4.74 Å². The van der Waals surface area contributed by atoms with E-state index in [0.717, 1.165) is 64.4 Å². The Hall–Kier alpha value is -0.770. The number of nitrogens with one attached hydrogen (secondary N) is 2. The fraction of sp³-hybridized carbons (Fsp3) is 0.905. The average molecular weight is 524 g/mol. The number of nitrogens with zero attached hydrogens (tertiary/aromatic N) is 3. The van der Waals surface area contributed by atoms with E-state index >= 15 is 0 Å². The van der Waals surface area contributed by atoms with Gasteiger partial charge in [-0.05, 0) is 65.3 Å². The topological polar surface area (TPSA) is 69.2 Å². The van der Waals surface area contributed by atoms with Gasteiger partial charge in [-0.15, -0.1) is 24.0 Å². The number of amides is 1. The number of rotatable bonds is 5. The van der Waals surface area contributed by atoms with Gasteiger partial charge in [0.2, 0.25) is 0 Å². The fourth-order valence-corrected chi connectivity index (χ4v) is 3.97. The molecule has 0 bridgehead atoms. The Balaban J connectivity index is 0.00000420. The molecule has 0 spiro atoms. The predicted molar refractivity (Wildman–Crippen MR) is 130 cm³/mol. The third kappa shape index (κ3) is 9.72. The number of hydrogen-bond donors (Lipinski definition) is 2.